The molecule has 0 spiro atoms. The van der Waals surface area contributed by atoms with E-state index in [-0.39, 0.29) is 18.4 Å². The van der Waals surface area contributed by atoms with E-state index in [1.165, 1.54) is 18.2 Å². The second kappa shape index (κ2) is 4.94. The summed E-state index contributed by atoms with van der Waals surface area (Å²) in [5.41, 5.74) is 9.28. The van der Waals surface area contributed by atoms with Gasteiger partial charge in [-0.05, 0) is 30.5 Å². The van der Waals surface area contributed by atoms with E-state index in [4.69, 9.17) is 5.73 Å². The van der Waals surface area contributed by atoms with E-state index in [1.54, 1.807) is 0 Å². The summed E-state index contributed by atoms with van der Waals surface area (Å²) in [6, 6.07) is 5.71. The normalized spacial score (nSPS) is 12.3. The fourth-order valence-corrected chi connectivity index (χ4v) is 1.38. The Balaban J connectivity index is 2.78. The standard InChI is InChI=1S/C12H17NO2/c1-8-4-5-10(6-9(8)2)11(13)7-12(14)15-3/h4-6,11H,7,13H2,1-3H3/t11-/m0/s1. The van der Waals surface area contributed by atoms with E-state index in [1.807, 2.05) is 32.0 Å². The zero-order valence-corrected chi connectivity index (χ0v) is 9.41. The van der Waals surface area contributed by atoms with Gasteiger partial charge in [-0.15, -0.1) is 0 Å². The molecule has 0 heterocycles. The molecule has 0 aliphatic heterocycles. The molecule has 3 nitrogen and oxygen atoms in total. The minimum Gasteiger partial charge on any atom is -0.469 e. The Morgan fingerprint density at radius 3 is 2.60 bits per heavy atom. The van der Waals surface area contributed by atoms with Crippen molar-refractivity contribution in [2.24, 2.45) is 5.73 Å². The number of methoxy groups -OCH3 is 1. The molecule has 1 aromatic rings. The zero-order chi connectivity index (χ0) is 11.4. The van der Waals surface area contributed by atoms with Crippen molar-refractivity contribution in [1.82, 2.24) is 0 Å². The second-order valence-corrected chi connectivity index (χ2v) is 3.73. The molecule has 1 aromatic carbocycles. The van der Waals surface area contributed by atoms with E-state index in [0.717, 1.165) is 5.56 Å². The minimum atomic E-state index is -0.281. The summed E-state index contributed by atoms with van der Waals surface area (Å²) < 4.78 is 4.58. The first kappa shape index (κ1) is 11.7. The number of hydrogen-bond donors (Lipinski definition) is 1. The first-order valence-corrected chi connectivity index (χ1v) is 4.94. The second-order valence-electron chi connectivity index (χ2n) is 3.73. The largest absolute Gasteiger partial charge is 0.469 e. The quantitative estimate of drug-likeness (QED) is 0.770. The number of hydrogen-bond acceptors (Lipinski definition) is 3. The molecule has 0 aliphatic rings. The molecule has 0 saturated heterocycles. The SMILES string of the molecule is COC(=O)C[C@H](N)c1ccc(C)c(C)c1. The van der Waals surface area contributed by atoms with Crippen LogP contribution in [0.1, 0.15) is 29.2 Å². The average Bonchev–Trinajstić information content (AvgIpc) is 2.21. The van der Waals surface area contributed by atoms with Crippen molar-refractivity contribution in [3.05, 3.63) is 34.9 Å². The monoisotopic (exact) mass is 207 g/mol. The van der Waals surface area contributed by atoms with E-state index >= 15 is 0 Å². The number of carbonyl (C=O) groups excluding carboxylic acids is 1. The molecule has 15 heavy (non-hydrogen) atoms. The first-order valence-electron chi connectivity index (χ1n) is 4.94. The smallest absolute Gasteiger partial charge is 0.307 e. The van der Waals surface area contributed by atoms with Crippen LogP contribution in [0.5, 0.6) is 0 Å². The Hall–Kier alpha value is -1.35. The number of rotatable bonds is 3. The predicted octanol–water partition coefficient (Wildman–Crippen LogP) is 1.87. The third-order valence-electron chi connectivity index (χ3n) is 2.57. The molecule has 0 bridgehead atoms. The van der Waals surface area contributed by atoms with Gasteiger partial charge in [-0.3, -0.25) is 4.79 Å². The average molecular weight is 207 g/mol. The molecule has 0 unspecified atom stereocenters. The van der Waals surface area contributed by atoms with Gasteiger partial charge in [0.15, 0.2) is 0 Å². The fraction of sp³-hybridized carbons (Fsp3) is 0.417. The van der Waals surface area contributed by atoms with Gasteiger partial charge >= 0.3 is 5.97 Å². The molecular formula is C12H17NO2. The summed E-state index contributed by atoms with van der Waals surface area (Å²) >= 11 is 0. The molecular weight excluding hydrogens is 190 g/mol. The van der Waals surface area contributed by atoms with Crippen LogP contribution in [0.3, 0.4) is 0 Å². The highest BCUT2D eigenvalue weighted by Crippen LogP contribution is 2.18. The summed E-state index contributed by atoms with van der Waals surface area (Å²) in [6.07, 6.45) is 0.221. The van der Waals surface area contributed by atoms with Crippen molar-refractivity contribution >= 4 is 5.97 Å². The Morgan fingerprint density at radius 2 is 2.07 bits per heavy atom. The minimum absolute atomic E-state index is 0.221. The Kier molecular flexibility index (Phi) is 3.86. The summed E-state index contributed by atoms with van der Waals surface area (Å²) in [6.45, 7) is 4.08. The van der Waals surface area contributed by atoms with Crippen LogP contribution in [0.25, 0.3) is 0 Å². The highest BCUT2D eigenvalue weighted by molar-refractivity contribution is 5.70. The summed E-state index contributed by atoms with van der Waals surface area (Å²) in [4.78, 5) is 11.0. The van der Waals surface area contributed by atoms with Crippen LogP contribution in [-0.2, 0) is 9.53 Å². The van der Waals surface area contributed by atoms with Crippen LogP contribution in [0.15, 0.2) is 18.2 Å². The van der Waals surface area contributed by atoms with Crippen molar-refractivity contribution in [3.8, 4) is 0 Å². The van der Waals surface area contributed by atoms with Gasteiger partial charge in [0, 0.05) is 6.04 Å². The van der Waals surface area contributed by atoms with Crippen LogP contribution in [0.2, 0.25) is 0 Å². The molecule has 3 heteroatoms. The Bertz CT molecular complexity index is 361. The highest BCUT2D eigenvalue weighted by Gasteiger charge is 2.12. The van der Waals surface area contributed by atoms with Crippen molar-refractivity contribution in [1.29, 1.82) is 0 Å². The number of carbonyl (C=O) groups is 1. The molecule has 0 saturated carbocycles. The van der Waals surface area contributed by atoms with E-state index in [0.29, 0.717) is 0 Å². The molecule has 0 fully saturated rings. The van der Waals surface area contributed by atoms with Crippen LogP contribution in [0.4, 0.5) is 0 Å². The lowest BCUT2D eigenvalue weighted by molar-refractivity contribution is -0.141. The van der Waals surface area contributed by atoms with Gasteiger partial charge in [0.2, 0.25) is 0 Å². The number of aryl methyl sites for hydroxylation is 2. The maximum atomic E-state index is 11.0. The molecule has 1 atom stereocenters. The number of esters is 1. The Labute approximate surface area is 90.2 Å². The molecule has 0 aromatic heterocycles. The molecule has 0 aliphatic carbocycles. The molecule has 2 N–H and O–H groups in total. The maximum Gasteiger partial charge on any atom is 0.307 e. The van der Waals surface area contributed by atoms with Gasteiger partial charge in [-0.25, -0.2) is 0 Å². The van der Waals surface area contributed by atoms with Gasteiger partial charge in [0.05, 0.1) is 13.5 Å². The zero-order valence-electron chi connectivity index (χ0n) is 9.41. The molecule has 0 amide bonds. The van der Waals surface area contributed by atoms with Gasteiger partial charge in [-0.1, -0.05) is 18.2 Å². The molecule has 1 rings (SSSR count). The third-order valence-corrected chi connectivity index (χ3v) is 2.57. The van der Waals surface area contributed by atoms with Crippen molar-refractivity contribution < 1.29 is 9.53 Å². The van der Waals surface area contributed by atoms with Crippen LogP contribution < -0.4 is 5.73 Å². The number of ether oxygens (including phenoxy) is 1. The highest BCUT2D eigenvalue weighted by atomic mass is 16.5. The molecule has 0 radical (unpaired) electrons. The van der Waals surface area contributed by atoms with E-state index < -0.39 is 0 Å². The number of benzene rings is 1. The third kappa shape index (κ3) is 3.06. The summed E-state index contributed by atoms with van der Waals surface area (Å²) in [5, 5.41) is 0. The lowest BCUT2D eigenvalue weighted by atomic mass is 10.00. The van der Waals surface area contributed by atoms with Gasteiger partial charge in [0.25, 0.3) is 0 Å². The maximum absolute atomic E-state index is 11.0. The van der Waals surface area contributed by atoms with Gasteiger partial charge in [-0.2, -0.15) is 0 Å². The van der Waals surface area contributed by atoms with Crippen LogP contribution in [-0.4, -0.2) is 13.1 Å². The predicted molar refractivity (Wildman–Crippen MR) is 59.5 cm³/mol. The Morgan fingerprint density at radius 1 is 1.40 bits per heavy atom. The van der Waals surface area contributed by atoms with Gasteiger partial charge in [0.1, 0.15) is 0 Å². The van der Waals surface area contributed by atoms with Crippen LogP contribution in [0, 0.1) is 13.8 Å². The van der Waals surface area contributed by atoms with Gasteiger partial charge < -0.3 is 10.5 Å². The van der Waals surface area contributed by atoms with E-state index in [2.05, 4.69) is 4.74 Å². The summed E-state index contributed by atoms with van der Waals surface area (Å²) in [5.74, 6) is -0.277. The lowest BCUT2D eigenvalue weighted by Gasteiger charge is -2.12. The van der Waals surface area contributed by atoms with Crippen molar-refractivity contribution in [2.45, 2.75) is 26.3 Å². The summed E-state index contributed by atoms with van der Waals surface area (Å²) in [7, 11) is 1.37. The fourth-order valence-electron chi connectivity index (χ4n) is 1.38. The van der Waals surface area contributed by atoms with E-state index in [9.17, 15) is 4.79 Å². The molecule has 82 valence electrons. The lowest BCUT2D eigenvalue weighted by Crippen LogP contribution is -2.16. The van der Waals surface area contributed by atoms with Crippen LogP contribution >= 0.6 is 0 Å². The van der Waals surface area contributed by atoms with Crippen molar-refractivity contribution in [2.75, 3.05) is 7.11 Å². The topological polar surface area (TPSA) is 52.3 Å². The van der Waals surface area contributed by atoms with Crippen molar-refractivity contribution in [3.63, 3.8) is 0 Å². The first-order chi connectivity index (χ1) is 7.04. The number of nitrogens with two attached hydrogens (primary N) is 1.